The van der Waals surface area contributed by atoms with E-state index in [1.54, 1.807) is 0 Å². The number of hydrogen-bond acceptors (Lipinski definition) is 3. The third-order valence-electron chi connectivity index (χ3n) is 2.87. The minimum Gasteiger partial charge on any atom is -0.312 e. The molecular weight excluding hydrogens is 216 g/mol. The summed E-state index contributed by atoms with van der Waals surface area (Å²) >= 11 is 2.11. The van der Waals surface area contributed by atoms with Crippen molar-refractivity contribution >= 4 is 11.8 Å². The van der Waals surface area contributed by atoms with Crippen molar-refractivity contribution in [1.29, 1.82) is 0 Å². The van der Waals surface area contributed by atoms with E-state index in [9.17, 15) is 0 Å². The molecular formula is C13H28N2S. The van der Waals surface area contributed by atoms with Gasteiger partial charge in [-0.2, -0.15) is 11.8 Å². The number of nitrogens with one attached hydrogen (secondary N) is 1. The molecule has 2 nitrogen and oxygen atoms in total. The molecule has 1 aliphatic heterocycles. The Hall–Kier alpha value is 0.270. The van der Waals surface area contributed by atoms with Gasteiger partial charge in [0.05, 0.1) is 0 Å². The van der Waals surface area contributed by atoms with Crippen molar-refractivity contribution in [2.75, 3.05) is 37.7 Å². The molecule has 0 saturated carbocycles. The summed E-state index contributed by atoms with van der Waals surface area (Å²) < 4.78 is 0. The molecule has 16 heavy (non-hydrogen) atoms. The highest BCUT2D eigenvalue weighted by atomic mass is 32.2. The van der Waals surface area contributed by atoms with Crippen molar-refractivity contribution in [3.8, 4) is 0 Å². The molecule has 0 spiro atoms. The van der Waals surface area contributed by atoms with Crippen molar-refractivity contribution in [3.05, 3.63) is 0 Å². The standard InChI is InChI=1S/C13H28N2S/c1-12(10-14-13(2,3)4)11-15-6-5-8-16-9-7-15/h12,14H,5-11H2,1-4H3. The minimum atomic E-state index is 0.253. The summed E-state index contributed by atoms with van der Waals surface area (Å²) in [5.41, 5.74) is 0.253. The van der Waals surface area contributed by atoms with E-state index in [1.165, 1.54) is 37.6 Å². The van der Waals surface area contributed by atoms with Gasteiger partial charge in [0, 0.05) is 24.4 Å². The molecule has 0 bridgehead atoms. The van der Waals surface area contributed by atoms with Crippen molar-refractivity contribution in [3.63, 3.8) is 0 Å². The number of rotatable bonds is 4. The van der Waals surface area contributed by atoms with Crippen molar-refractivity contribution in [1.82, 2.24) is 10.2 Å². The molecule has 1 unspecified atom stereocenters. The second-order valence-corrected chi connectivity index (χ2v) is 7.23. The van der Waals surface area contributed by atoms with Crippen LogP contribution in [0.2, 0.25) is 0 Å². The third kappa shape index (κ3) is 6.77. The van der Waals surface area contributed by atoms with Crippen LogP contribution in [0.5, 0.6) is 0 Å². The zero-order valence-corrected chi connectivity index (χ0v) is 12.2. The second-order valence-electron chi connectivity index (χ2n) is 6.00. The lowest BCUT2D eigenvalue weighted by molar-refractivity contribution is 0.242. The molecule has 1 atom stereocenters. The van der Waals surface area contributed by atoms with Crippen molar-refractivity contribution < 1.29 is 0 Å². The first-order valence-electron chi connectivity index (χ1n) is 6.52. The van der Waals surface area contributed by atoms with Gasteiger partial charge in [-0.15, -0.1) is 0 Å². The molecule has 96 valence electrons. The van der Waals surface area contributed by atoms with Crippen LogP contribution < -0.4 is 5.32 Å². The van der Waals surface area contributed by atoms with Gasteiger partial charge in [-0.25, -0.2) is 0 Å². The van der Waals surface area contributed by atoms with E-state index in [2.05, 4.69) is 49.7 Å². The quantitative estimate of drug-likeness (QED) is 0.818. The molecule has 1 aliphatic rings. The Morgan fingerprint density at radius 1 is 1.25 bits per heavy atom. The normalized spacial score (nSPS) is 21.8. The van der Waals surface area contributed by atoms with Crippen LogP contribution in [0.3, 0.4) is 0 Å². The molecule has 0 aliphatic carbocycles. The van der Waals surface area contributed by atoms with Crippen LogP contribution >= 0.6 is 11.8 Å². The zero-order chi connectivity index (χ0) is 12.0. The summed E-state index contributed by atoms with van der Waals surface area (Å²) in [6.45, 7) is 14.0. The van der Waals surface area contributed by atoms with Gasteiger partial charge >= 0.3 is 0 Å². The van der Waals surface area contributed by atoms with Gasteiger partial charge in [-0.3, -0.25) is 0 Å². The Morgan fingerprint density at radius 3 is 2.69 bits per heavy atom. The highest BCUT2D eigenvalue weighted by Crippen LogP contribution is 2.11. The Kier molecular flexibility index (Phi) is 6.16. The van der Waals surface area contributed by atoms with Crippen LogP contribution in [0.25, 0.3) is 0 Å². The SMILES string of the molecule is CC(CNC(C)(C)C)CN1CCCSCC1. The fraction of sp³-hybridized carbons (Fsp3) is 1.00. The maximum atomic E-state index is 3.59. The predicted octanol–water partition coefficient (Wildman–Crippen LogP) is 2.45. The maximum Gasteiger partial charge on any atom is 0.00966 e. The summed E-state index contributed by atoms with van der Waals surface area (Å²) in [5.74, 6) is 3.42. The molecule has 0 amide bonds. The van der Waals surface area contributed by atoms with E-state index in [4.69, 9.17) is 0 Å². The number of hydrogen-bond donors (Lipinski definition) is 1. The van der Waals surface area contributed by atoms with Crippen LogP contribution in [0.15, 0.2) is 0 Å². The second kappa shape index (κ2) is 6.87. The number of nitrogens with zero attached hydrogens (tertiary/aromatic N) is 1. The Labute approximate surface area is 106 Å². The molecule has 0 aromatic rings. The lowest BCUT2D eigenvalue weighted by atomic mass is 10.1. The van der Waals surface area contributed by atoms with Gasteiger partial charge in [0.25, 0.3) is 0 Å². The van der Waals surface area contributed by atoms with Crippen molar-refractivity contribution in [2.45, 2.75) is 39.7 Å². The fourth-order valence-electron chi connectivity index (χ4n) is 1.97. The Balaban J connectivity index is 2.19. The average Bonchev–Trinajstić information content (AvgIpc) is 2.42. The molecule has 3 heteroatoms. The average molecular weight is 244 g/mol. The summed E-state index contributed by atoms with van der Waals surface area (Å²) in [6.07, 6.45) is 1.37. The third-order valence-corrected chi connectivity index (χ3v) is 3.91. The molecule has 1 rings (SSSR count). The fourth-order valence-corrected chi connectivity index (χ4v) is 2.89. The lowest BCUT2D eigenvalue weighted by Crippen LogP contribution is -2.41. The van der Waals surface area contributed by atoms with Crippen LogP contribution in [-0.2, 0) is 0 Å². The number of thioether (sulfide) groups is 1. The summed E-state index contributed by atoms with van der Waals surface area (Å²) in [7, 11) is 0. The topological polar surface area (TPSA) is 15.3 Å². The van der Waals surface area contributed by atoms with Gasteiger partial charge < -0.3 is 10.2 Å². The first-order valence-corrected chi connectivity index (χ1v) is 7.68. The highest BCUT2D eigenvalue weighted by molar-refractivity contribution is 7.99. The molecule has 1 N–H and O–H groups in total. The summed E-state index contributed by atoms with van der Waals surface area (Å²) in [4.78, 5) is 2.63. The van der Waals surface area contributed by atoms with E-state index in [0.29, 0.717) is 0 Å². The molecule has 0 aromatic heterocycles. The van der Waals surface area contributed by atoms with Crippen LogP contribution in [0.1, 0.15) is 34.1 Å². The van der Waals surface area contributed by atoms with Crippen LogP contribution in [0.4, 0.5) is 0 Å². The molecule has 0 aromatic carbocycles. The van der Waals surface area contributed by atoms with E-state index >= 15 is 0 Å². The molecule has 1 heterocycles. The Bertz CT molecular complexity index is 181. The van der Waals surface area contributed by atoms with E-state index < -0.39 is 0 Å². The van der Waals surface area contributed by atoms with E-state index in [1.807, 2.05) is 0 Å². The van der Waals surface area contributed by atoms with Crippen LogP contribution in [0, 0.1) is 5.92 Å². The van der Waals surface area contributed by atoms with Gasteiger partial charge in [-0.05, 0) is 52.0 Å². The monoisotopic (exact) mass is 244 g/mol. The van der Waals surface area contributed by atoms with Crippen LogP contribution in [-0.4, -0.2) is 48.1 Å². The molecule has 1 fully saturated rings. The smallest absolute Gasteiger partial charge is 0.00966 e. The predicted molar refractivity (Wildman–Crippen MR) is 75.3 cm³/mol. The van der Waals surface area contributed by atoms with E-state index in [-0.39, 0.29) is 5.54 Å². The molecule has 1 saturated heterocycles. The first kappa shape index (κ1) is 14.3. The Morgan fingerprint density at radius 2 is 2.00 bits per heavy atom. The van der Waals surface area contributed by atoms with Gasteiger partial charge in [-0.1, -0.05) is 6.92 Å². The van der Waals surface area contributed by atoms with Gasteiger partial charge in [0.2, 0.25) is 0 Å². The largest absolute Gasteiger partial charge is 0.312 e. The highest BCUT2D eigenvalue weighted by Gasteiger charge is 2.15. The van der Waals surface area contributed by atoms with E-state index in [0.717, 1.165) is 12.5 Å². The zero-order valence-electron chi connectivity index (χ0n) is 11.4. The summed E-state index contributed by atoms with van der Waals surface area (Å²) in [5, 5.41) is 3.59. The summed E-state index contributed by atoms with van der Waals surface area (Å²) in [6, 6.07) is 0. The van der Waals surface area contributed by atoms with Crippen molar-refractivity contribution in [2.24, 2.45) is 5.92 Å². The van der Waals surface area contributed by atoms with Gasteiger partial charge in [0.15, 0.2) is 0 Å². The van der Waals surface area contributed by atoms with Gasteiger partial charge in [0.1, 0.15) is 0 Å². The molecule has 0 radical (unpaired) electrons. The first-order chi connectivity index (χ1) is 7.47. The minimum absolute atomic E-state index is 0.253. The maximum absolute atomic E-state index is 3.59. The lowest BCUT2D eigenvalue weighted by Gasteiger charge is -2.27.